The van der Waals surface area contributed by atoms with Crippen molar-refractivity contribution in [2.45, 2.75) is 0 Å². The topological polar surface area (TPSA) is 68.0 Å². The lowest BCUT2D eigenvalue weighted by Crippen LogP contribution is -2.29. The van der Waals surface area contributed by atoms with E-state index in [1.54, 1.807) is 11.3 Å². The second-order valence-corrected chi connectivity index (χ2v) is 5.54. The largest absolute Gasteiger partial charge is 0.351 e. The molecule has 1 amide bonds. The number of hydrogen-bond donors (Lipinski definition) is 2. The smallest absolute Gasteiger partial charge is 0.252 e. The monoisotopic (exact) mass is 297 g/mol. The van der Waals surface area contributed by atoms with E-state index in [0.29, 0.717) is 18.7 Å². The standard InChI is InChI=1S/C16H15N3OS/c17-7-8-18-16(20)12-10-14(15-6-3-9-21-15)19-13-5-2-1-4-11(12)13/h1-6,9-10H,7-8,17H2,(H,18,20). The van der Waals surface area contributed by atoms with Crippen LogP contribution in [0.1, 0.15) is 10.4 Å². The van der Waals surface area contributed by atoms with E-state index < -0.39 is 0 Å². The summed E-state index contributed by atoms with van der Waals surface area (Å²) in [6.45, 7) is 0.885. The lowest BCUT2D eigenvalue weighted by atomic mass is 10.1. The first-order valence-corrected chi connectivity index (χ1v) is 7.59. The van der Waals surface area contributed by atoms with Gasteiger partial charge in [-0.2, -0.15) is 0 Å². The summed E-state index contributed by atoms with van der Waals surface area (Å²) in [4.78, 5) is 18.0. The minimum Gasteiger partial charge on any atom is -0.351 e. The van der Waals surface area contributed by atoms with Gasteiger partial charge in [-0.05, 0) is 23.6 Å². The summed E-state index contributed by atoms with van der Waals surface area (Å²) in [6, 6.07) is 13.5. The molecule has 1 aromatic carbocycles. The summed E-state index contributed by atoms with van der Waals surface area (Å²) < 4.78 is 0. The molecule has 0 aliphatic carbocycles. The maximum absolute atomic E-state index is 12.3. The zero-order valence-corrected chi connectivity index (χ0v) is 12.2. The summed E-state index contributed by atoms with van der Waals surface area (Å²) in [5.74, 6) is -0.114. The van der Waals surface area contributed by atoms with Crippen LogP contribution in [0.2, 0.25) is 0 Å². The van der Waals surface area contributed by atoms with Gasteiger partial charge in [-0.15, -0.1) is 11.3 Å². The van der Waals surface area contributed by atoms with Gasteiger partial charge in [0.2, 0.25) is 0 Å². The Balaban J connectivity index is 2.14. The number of hydrogen-bond acceptors (Lipinski definition) is 4. The predicted octanol–water partition coefficient (Wildman–Crippen LogP) is 2.65. The van der Waals surface area contributed by atoms with Gasteiger partial charge < -0.3 is 11.1 Å². The highest BCUT2D eigenvalue weighted by atomic mass is 32.1. The van der Waals surface area contributed by atoms with Crippen molar-refractivity contribution in [2.24, 2.45) is 5.73 Å². The van der Waals surface area contributed by atoms with Gasteiger partial charge in [0, 0.05) is 18.5 Å². The number of thiophene rings is 1. The van der Waals surface area contributed by atoms with Gasteiger partial charge in [0.15, 0.2) is 0 Å². The quantitative estimate of drug-likeness (QED) is 0.778. The van der Waals surface area contributed by atoms with Crippen molar-refractivity contribution in [2.75, 3.05) is 13.1 Å². The third-order valence-electron chi connectivity index (χ3n) is 3.16. The average Bonchev–Trinajstić information content (AvgIpc) is 3.06. The lowest BCUT2D eigenvalue weighted by molar-refractivity contribution is 0.0956. The molecule has 0 radical (unpaired) electrons. The van der Waals surface area contributed by atoms with Crippen molar-refractivity contribution >= 4 is 28.1 Å². The van der Waals surface area contributed by atoms with Gasteiger partial charge in [0.25, 0.3) is 5.91 Å². The fourth-order valence-corrected chi connectivity index (χ4v) is 2.88. The van der Waals surface area contributed by atoms with Crippen LogP contribution < -0.4 is 11.1 Å². The average molecular weight is 297 g/mol. The SMILES string of the molecule is NCCNC(=O)c1cc(-c2cccs2)nc2ccccc12. The Labute approximate surface area is 126 Å². The molecule has 0 aliphatic rings. The van der Waals surface area contributed by atoms with Crippen LogP contribution in [0.3, 0.4) is 0 Å². The first kappa shape index (κ1) is 13.7. The highest BCUT2D eigenvalue weighted by Crippen LogP contribution is 2.27. The maximum Gasteiger partial charge on any atom is 0.252 e. The molecule has 3 aromatic rings. The van der Waals surface area contributed by atoms with Gasteiger partial charge in [-0.25, -0.2) is 4.98 Å². The maximum atomic E-state index is 12.3. The number of pyridine rings is 1. The summed E-state index contributed by atoms with van der Waals surface area (Å²) in [7, 11) is 0. The minimum absolute atomic E-state index is 0.114. The Bertz CT molecular complexity index is 768. The van der Waals surface area contributed by atoms with E-state index in [2.05, 4.69) is 10.3 Å². The van der Waals surface area contributed by atoms with Crippen molar-refractivity contribution in [3.8, 4) is 10.6 Å². The van der Waals surface area contributed by atoms with Crippen molar-refractivity contribution in [1.82, 2.24) is 10.3 Å². The molecule has 0 saturated carbocycles. The Morgan fingerprint density at radius 2 is 2.10 bits per heavy atom. The normalized spacial score (nSPS) is 10.7. The van der Waals surface area contributed by atoms with E-state index >= 15 is 0 Å². The number of rotatable bonds is 4. The van der Waals surface area contributed by atoms with Crippen LogP contribution in [0, 0.1) is 0 Å². The van der Waals surface area contributed by atoms with Gasteiger partial charge in [0.1, 0.15) is 0 Å². The number of amides is 1. The third-order valence-corrected chi connectivity index (χ3v) is 4.06. The van der Waals surface area contributed by atoms with E-state index in [-0.39, 0.29) is 5.91 Å². The van der Waals surface area contributed by atoms with Gasteiger partial charge >= 0.3 is 0 Å². The molecule has 3 N–H and O–H groups in total. The molecule has 0 spiro atoms. The highest BCUT2D eigenvalue weighted by Gasteiger charge is 2.13. The van der Waals surface area contributed by atoms with Crippen LogP contribution in [0.4, 0.5) is 0 Å². The number of aromatic nitrogens is 1. The zero-order chi connectivity index (χ0) is 14.7. The first-order chi connectivity index (χ1) is 10.3. The summed E-state index contributed by atoms with van der Waals surface area (Å²) in [5, 5.41) is 5.68. The number of nitrogens with two attached hydrogens (primary N) is 1. The van der Waals surface area contributed by atoms with E-state index in [4.69, 9.17) is 5.73 Å². The molecule has 3 rings (SSSR count). The first-order valence-electron chi connectivity index (χ1n) is 6.71. The second kappa shape index (κ2) is 6.03. The van der Waals surface area contributed by atoms with Gasteiger partial charge in [0.05, 0.1) is 21.7 Å². The molecule has 0 atom stereocenters. The molecule has 2 heterocycles. The van der Waals surface area contributed by atoms with Crippen LogP contribution in [0.25, 0.3) is 21.5 Å². The van der Waals surface area contributed by atoms with E-state index in [1.165, 1.54) is 0 Å². The summed E-state index contributed by atoms with van der Waals surface area (Å²) in [5.41, 5.74) is 7.73. The number of carbonyl (C=O) groups is 1. The number of nitrogens with zero attached hydrogens (tertiary/aromatic N) is 1. The van der Waals surface area contributed by atoms with Gasteiger partial charge in [-0.1, -0.05) is 24.3 Å². The molecular formula is C16H15N3OS. The van der Waals surface area contributed by atoms with Gasteiger partial charge in [-0.3, -0.25) is 4.79 Å². The molecule has 106 valence electrons. The van der Waals surface area contributed by atoms with Crippen LogP contribution >= 0.6 is 11.3 Å². The highest BCUT2D eigenvalue weighted by molar-refractivity contribution is 7.13. The lowest BCUT2D eigenvalue weighted by Gasteiger charge is -2.09. The summed E-state index contributed by atoms with van der Waals surface area (Å²) >= 11 is 1.61. The van der Waals surface area contributed by atoms with Crippen LogP contribution in [-0.2, 0) is 0 Å². The molecule has 0 saturated heterocycles. The molecule has 2 aromatic heterocycles. The van der Waals surface area contributed by atoms with Crippen molar-refractivity contribution in [3.05, 3.63) is 53.4 Å². The van der Waals surface area contributed by atoms with Crippen LogP contribution in [0.5, 0.6) is 0 Å². The molecular weight excluding hydrogens is 282 g/mol. The van der Waals surface area contributed by atoms with Crippen LogP contribution in [0.15, 0.2) is 47.8 Å². The molecule has 0 aliphatic heterocycles. The fraction of sp³-hybridized carbons (Fsp3) is 0.125. The number of nitrogens with one attached hydrogen (secondary N) is 1. The zero-order valence-electron chi connectivity index (χ0n) is 11.4. The fourth-order valence-electron chi connectivity index (χ4n) is 2.19. The summed E-state index contributed by atoms with van der Waals surface area (Å²) in [6.07, 6.45) is 0. The number of carbonyl (C=O) groups excluding carboxylic acids is 1. The van der Waals surface area contributed by atoms with E-state index in [1.807, 2.05) is 47.8 Å². The number of benzene rings is 1. The Morgan fingerprint density at radius 3 is 2.86 bits per heavy atom. The molecule has 4 nitrogen and oxygen atoms in total. The van der Waals surface area contributed by atoms with Crippen LogP contribution in [-0.4, -0.2) is 24.0 Å². The van der Waals surface area contributed by atoms with E-state index in [0.717, 1.165) is 21.5 Å². The third kappa shape index (κ3) is 2.79. The molecule has 0 unspecified atom stereocenters. The van der Waals surface area contributed by atoms with Crippen molar-refractivity contribution in [1.29, 1.82) is 0 Å². The van der Waals surface area contributed by atoms with Crippen molar-refractivity contribution in [3.63, 3.8) is 0 Å². The Hall–Kier alpha value is -2.24. The number of fused-ring (bicyclic) bond motifs is 1. The minimum atomic E-state index is -0.114. The molecule has 0 bridgehead atoms. The van der Waals surface area contributed by atoms with E-state index in [9.17, 15) is 4.79 Å². The molecule has 21 heavy (non-hydrogen) atoms. The predicted molar refractivity (Wildman–Crippen MR) is 86.4 cm³/mol. The van der Waals surface area contributed by atoms with Crippen molar-refractivity contribution < 1.29 is 4.79 Å². The number of para-hydroxylation sites is 1. The molecule has 0 fully saturated rings. The Kier molecular flexibility index (Phi) is 3.94. The second-order valence-electron chi connectivity index (χ2n) is 4.59. The molecule has 5 heteroatoms. The Morgan fingerprint density at radius 1 is 1.24 bits per heavy atom.